The van der Waals surface area contributed by atoms with Gasteiger partial charge < -0.3 is 10.4 Å². The van der Waals surface area contributed by atoms with Gasteiger partial charge in [-0.2, -0.15) is 18.3 Å². The number of benzene rings is 2. The minimum atomic E-state index is -4.47. The van der Waals surface area contributed by atoms with Crippen LogP contribution in [0.3, 0.4) is 0 Å². The number of hydrogen-bond donors (Lipinski definition) is 2. The van der Waals surface area contributed by atoms with Crippen LogP contribution in [0, 0.1) is 0 Å². The summed E-state index contributed by atoms with van der Waals surface area (Å²) in [6.45, 7) is 1.43. The van der Waals surface area contributed by atoms with E-state index in [1.165, 1.54) is 16.9 Å². The van der Waals surface area contributed by atoms with Gasteiger partial charge in [0.15, 0.2) is 0 Å². The van der Waals surface area contributed by atoms with Gasteiger partial charge in [-0.1, -0.05) is 37.1 Å². The van der Waals surface area contributed by atoms with Crippen molar-refractivity contribution in [1.29, 1.82) is 0 Å². The van der Waals surface area contributed by atoms with Crippen LogP contribution in [0.4, 0.5) is 13.2 Å². The summed E-state index contributed by atoms with van der Waals surface area (Å²) in [5.74, 6) is -0.528. The molecule has 2 aromatic carbocycles. The van der Waals surface area contributed by atoms with E-state index >= 15 is 0 Å². The second-order valence-electron chi connectivity index (χ2n) is 6.99. The Kier molecular flexibility index (Phi) is 7.02. The Balaban J connectivity index is 1.89. The Bertz CT molecular complexity index is 1050. The molecule has 1 aromatic heterocycles. The van der Waals surface area contributed by atoms with Crippen LogP contribution >= 0.6 is 11.6 Å². The second kappa shape index (κ2) is 9.53. The summed E-state index contributed by atoms with van der Waals surface area (Å²) >= 11 is 5.90. The molecule has 0 fully saturated rings. The lowest BCUT2D eigenvalue weighted by Crippen LogP contribution is -2.29. The molecule has 5 nitrogen and oxygen atoms in total. The van der Waals surface area contributed by atoms with Gasteiger partial charge >= 0.3 is 6.18 Å². The Morgan fingerprint density at radius 3 is 2.55 bits per heavy atom. The minimum Gasteiger partial charge on any atom is -0.390 e. The molecule has 0 saturated carbocycles. The predicted molar refractivity (Wildman–Crippen MR) is 111 cm³/mol. The summed E-state index contributed by atoms with van der Waals surface area (Å²) in [6, 6.07) is 11.0. The maximum Gasteiger partial charge on any atom is 0.416 e. The van der Waals surface area contributed by atoms with E-state index in [1.807, 2.05) is 6.92 Å². The van der Waals surface area contributed by atoms with Crippen LogP contribution in [-0.4, -0.2) is 20.8 Å². The summed E-state index contributed by atoms with van der Waals surface area (Å²) in [5.41, 5.74) is 0.604. The van der Waals surface area contributed by atoms with Crippen molar-refractivity contribution in [1.82, 2.24) is 15.1 Å². The Hall–Kier alpha value is -2.84. The first-order valence-electron chi connectivity index (χ1n) is 9.66. The van der Waals surface area contributed by atoms with E-state index in [9.17, 15) is 23.1 Å². The summed E-state index contributed by atoms with van der Waals surface area (Å²) in [5, 5.41) is 17.3. The maximum absolute atomic E-state index is 13.1. The summed E-state index contributed by atoms with van der Waals surface area (Å²) in [6.07, 6.45) is -2.05. The van der Waals surface area contributed by atoms with Gasteiger partial charge in [0.25, 0.3) is 5.91 Å². The molecule has 0 spiro atoms. The molecule has 9 heteroatoms. The molecule has 1 heterocycles. The van der Waals surface area contributed by atoms with E-state index in [4.69, 9.17) is 11.6 Å². The molecule has 0 aliphatic heterocycles. The number of nitrogens with one attached hydrogen (secondary N) is 1. The van der Waals surface area contributed by atoms with Crippen molar-refractivity contribution in [3.05, 3.63) is 82.1 Å². The van der Waals surface area contributed by atoms with Crippen LogP contribution in [0.25, 0.3) is 5.69 Å². The van der Waals surface area contributed by atoms with E-state index in [1.54, 1.807) is 30.3 Å². The molecule has 0 bridgehead atoms. The number of rotatable bonds is 7. The highest BCUT2D eigenvalue weighted by molar-refractivity contribution is 6.30. The third kappa shape index (κ3) is 5.26. The van der Waals surface area contributed by atoms with Gasteiger partial charge in [-0.25, -0.2) is 4.68 Å². The number of carbonyl (C=O) groups is 1. The number of halogens is 4. The van der Waals surface area contributed by atoms with Crippen LogP contribution in [-0.2, 0) is 12.8 Å². The topological polar surface area (TPSA) is 67.2 Å². The summed E-state index contributed by atoms with van der Waals surface area (Å²) in [7, 11) is 0. The SMILES string of the molecule is CCC[C@H](NC(=O)c1cnn(-c2ccc(Cl)cc2)c1CO)c1cccc(C(F)(F)F)c1. The number of aliphatic hydroxyl groups excluding tert-OH is 1. The molecule has 2 N–H and O–H groups in total. The van der Waals surface area contributed by atoms with E-state index in [-0.39, 0.29) is 11.3 Å². The molecule has 31 heavy (non-hydrogen) atoms. The molecule has 164 valence electrons. The zero-order valence-corrected chi connectivity index (χ0v) is 17.4. The molecule has 0 radical (unpaired) electrons. The number of aliphatic hydroxyl groups is 1. The molecule has 0 aliphatic rings. The van der Waals surface area contributed by atoms with Gasteiger partial charge in [0.2, 0.25) is 0 Å². The summed E-state index contributed by atoms with van der Waals surface area (Å²) in [4.78, 5) is 12.9. The molecule has 0 unspecified atom stereocenters. The third-order valence-corrected chi connectivity index (χ3v) is 5.09. The third-order valence-electron chi connectivity index (χ3n) is 4.83. The van der Waals surface area contributed by atoms with Gasteiger partial charge in [-0.3, -0.25) is 4.79 Å². The zero-order chi connectivity index (χ0) is 22.6. The highest BCUT2D eigenvalue weighted by Gasteiger charge is 2.31. The standard InChI is InChI=1S/C22H21ClF3N3O2/c1-2-4-19(14-5-3-6-15(11-14)22(24,25)26)28-21(31)18-12-27-29(20(18)13-30)17-9-7-16(23)8-10-17/h3,5-12,19,30H,2,4,13H2,1H3,(H,28,31)/t19-/m0/s1. The van der Waals surface area contributed by atoms with Gasteiger partial charge in [0.05, 0.1) is 41.4 Å². The quantitative estimate of drug-likeness (QED) is 0.511. The van der Waals surface area contributed by atoms with Crippen LogP contribution in [0.1, 0.15) is 53.0 Å². The molecule has 1 amide bonds. The van der Waals surface area contributed by atoms with Crippen molar-refractivity contribution >= 4 is 17.5 Å². The van der Waals surface area contributed by atoms with Crippen LogP contribution in [0.5, 0.6) is 0 Å². The average molecular weight is 452 g/mol. The molecular weight excluding hydrogens is 431 g/mol. The largest absolute Gasteiger partial charge is 0.416 e. The van der Waals surface area contributed by atoms with Crippen LogP contribution in [0.2, 0.25) is 5.02 Å². The molecule has 3 aromatic rings. The van der Waals surface area contributed by atoms with Crippen molar-refractivity contribution in [3.63, 3.8) is 0 Å². The number of nitrogens with zero attached hydrogens (tertiary/aromatic N) is 2. The van der Waals surface area contributed by atoms with Crippen molar-refractivity contribution in [2.45, 2.75) is 38.6 Å². The van der Waals surface area contributed by atoms with Crippen molar-refractivity contribution < 1.29 is 23.1 Å². The van der Waals surface area contributed by atoms with Gasteiger partial charge in [-0.15, -0.1) is 0 Å². The fourth-order valence-corrected chi connectivity index (χ4v) is 3.42. The molecule has 1 atom stereocenters. The van der Waals surface area contributed by atoms with Gasteiger partial charge in [-0.05, 0) is 48.4 Å². The number of carbonyl (C=O) groups excluding carboxylic acids is 1. The normalized spacial score (nSPS) is 12.6. The summed E-state index contributed by atoms with van der Waals surface area (Å²) < 4.78 is 40.7. The number of amides is 1. The molecule has 3 rings (SSSR count). The number of alkyl halides is 3. The van der Waals surface area contributed by atoms with Gasteiger partial charge in [0.1, 0.15) is 0 Å². The average Bonchev–Trinajstić information content (AvgIpc) is 3.17. The molecular formula is C22H21ClF3N3O2. The fraction of sp³-hybridized carbons (Fsp3) is 0.273. The zero-order valence-electron chi connectivity index (χ0n) is 16.7. The van der Waals surface area contributed by atoms with E-state index in [0.717, 1.165) is 12.1 Å². The first kappa shape index (κ1) is 22.8. The highest BCUT2D eigenvalue weighted by atomic mass is 35.5. The van der Waals surface area contributed by atoms with Gasteiger partial charge in [0, 0.05) is 5.02 Å². The van der Waals surface area contributed by atoms with E-state index < -0.39 is 30.3 Å². The van der Waals surface area contributed by atoms with Crippen LogP contribution < -0.4 is 5.32 Å². The lowest BCUT2D eigenvalue weighted by molar-refractivity contribution is -0.137. The van der Waals surface area contributed by atoms with Crippen molar-refractivity contribution in [2.24, 2.45) is 0 Å². The smallest absolute Gasteiger partial charge is 0.390 e. The predicted octanol–water partition coefficient (Wildman–Crippen LogP) is 5.31. The molecule has 0 aliphatic carbocycles. The first-order chi connectivity index (χ1) is 14.7. The van der Waals surface area contributed by atoms with E-state index in [2.05, 4.69) is 10.4 Å². The monoisotopic (exact) mass is 451 g/mol. The Morgan fingerprint density at radius 2 is 1.94 bits per heavy atom. The lowest BCUT2D eigenvalue weighted by Gasteiger charge is -2.20. The highest BCUT2D eigenvalue weighted by Crippen LogP contribution is 2.31. The number of aromatic nitrogens is 2. The molecule has 0 saturated heterocycles. The fourth-order valence-electron chi connectivity index (χ4n) is 3.30. The van der Waals surface area contributed by atoms with Crippen molar-refractivity contribution in [2.75, 3.05) is 0 Å². The van der Waals surface area contributed by atoms with Crippen LogP contribution in [0.15, 0.2) is 54.7 Å². The minimum absolute atomic E-state index is 0.144. The second-order valence-corrected chi connectivity index (χ2v) is 7.43. The first-order valence-corrected chi connectivity index (χ1v) is 10.0. The lowest BCUT2D eigenvalue weighted by atomic mass is 9.99. The van der Waals surface area contributed by atoms with E-state index in [0.29, 0.717) is 29.1 Å². The maximum atomic E-state index is 13.1. The Morgan fingerprint density at radius 1 is 1.23 bits per heavy atom. The Labute approximate surface area is 182 Å². The van der Waals surface area contributed by atoms with Crippen molar-refractivity contribution in [3.8, 4) is 5.69 Å². The number of hydrogen-bond acceptors (Lipinski definition) is 3.